The highest BCUT2D eigenvalue weighted by Gasteiger charge is 2.27. The Hall–Kier alpha value is -0.770. The Morgan fingerprint density at radius 2 is 1.89 bits per heavy atom. The van der Waals surface area contributed by atoms with Crippen molar-refractivity contribution in [3.8, 4) is 0 Å². The molecule has 1 aromatic rings. The predicted octanol–water partition coefficient (Wildman–Crippen LogP) is 2.59. The van der Waals surface area contributed by atoms with Crippen LogP contribution >= 0.6 is 11.6 Å². The van der Waals surface area contributed by atoms with Crippen molar-refractivity contribution in [3.63, 3.8) is 0 Å². The Labute approximate surface area is 121 Å². The van der Waals surface area contributed by atoms with Crippen LogP contribution in [0.4, 0.5) is 5.69 Å². The fourth-order valence-corrected chi connectivity index (χ4v) is 3.04. The van der Waals surface area contributed by atoms with Crippen molar-refractivity contribution in [1.29, 1.82) is 0 Å². The smallest absolute Gasteiger partial charge is 0.0642 e. The van der Waals surface area contributed by atoms with Crippen LogP contribution in [0.25, 0.3) is 0 Å². The minimum atomic E-state index is 0.553. The molecule has 106 valence electrons. The third kappa shape index (κ3) is 3.22. The Kier molecular flexibility index (Phi) is 4.71. The third-order valence-corrected chi connectivity index (χ3v) is 4.40. The number of nitrogens with zero attached hydrogens (tertiary/aromatic N) is 2. The fraction of sp³-hybridized carbons (Fsp3) is 0.600. The summed E-state index contributed by atoms with van der Waals surface area (Å²) in [6, 6.07) is 7.49. The molecular weight excluding hydrogens is 258 g/mol. The topological polar surface area (TPSA) is 18.5 Å². The highest BCUT2D eigenvalue weighted by atomic mass is 35.5. The Morgan fingerprint density at radius 3 is 2.42 bits per heavy atom. The molecule has 1 N–H and O–H groups in total. The van der Waals surface area contributed by atoms with E-state index in [0.717, 1.165) is 30.3 Å². The van der Waals surface area contributed by atoms with E-state index in [1.807, 2.05) is 7.05 Å². The van der Waals surface area contributed by atoms with Crippen molar-refractivity contribution < 1.29 is 0 Å². The van der Waals surface area contributed by atoms with E-state index in [1.54, 1.807) is 0 Å². The Morgan fingerprint density at radius 1 is 1.26 bits per heavy atom. The van der Waals surface area contributed by atoms with E-state index in [-0.39, 0.29) is 0 Å². The number of halogens is 1. The number of piperazine rings is 1. The second-order valence-electron chi connectivity index (χ2n) is 5.58. The molecule has 1 fully saturated rings. The van der Waals surface area contributed by atoms with Crippen molar-refractivity contribution in [2.45, 2.75) is 32.5 Å². The lowest BCUT2D eigenvalue weighted by Crippen LogP contribution is -2.55. The average molecular weight is 282 g/mol. The number of benzene rings is 1. The van der Waals surface area contributed by atoms with Crippen LogP contribution in [-0.4, -0.2) is 44.2 Å². The van der Waals surface area contributed by atoms with Gasteiger partial charge in [-0.3, -0.25) is 4.90 Å². The van der Waals surface area contributed by atoms with E-state index in [9.17, 15) is 0 Å². The fourth-order valence-electron chi connectivity index (χ4n) is 2.72. The summed E-state index contributed by atoms with van der Waals surface area (Å²) >= 11 is 6.45. The van der Waals surface area contributed by atoms with Crippen LogP contribution in [0.15, 0.2) is 18.2 Å². The minimum absolute atomic E-state index is 0.553. The maximum Gasteiger partial charge on any atom is 0.0642 e. The zero-order valence-electron chi connectivity index (χ0n) is 12.3. The van der Waals surface area contributed by atoms with Crippen LogP contribution in [0, 0.1) is 0 Å². The molecule has 1 aromatic carbocycles. The van der Waals surface area contributed by atoms with Gasteiger partial charge >= 0.3 is 0 Å². The van der Waals surface area contributed by atoms with Gasteiger partial charge < -0.3 is 10.2 Å². The van der Waals surface area contributed by atoms with Gasteiger partial charge in [0.2, 0.25) is 0 Å². The van der Waals surface area contributed by atoms with Crippen molar-refractivity contribution >= 4 is 17.3 Å². The van der Waals surface area contributed by atoms with Crippen molar-refractivity contribution in [2.75, 3.05) is 32.1 Å². The van der Waals surface area contributed by atoms with E-state index in [2.05, 4.69) is 54.2 Å². The first-order valence-electron chi connectivity index (χ1n) is 6.92. The summed E-state index contributed by atoms with van der Waals surface area (Å²) in [6.07, 6.45) is 0. The first-order chi connectivity index (χ1) is 9.02. The van der Waals surface area contributed by atoms with Crippen LogP contribution < -0.4 is 10.2 Å². The average Bonchev–Trinajstić information content (AvgIpc) is 2.36. The standard InChI is InChI=1S/C15H24ClN3/c1-11-9-19(10-12(2)18(11)4)15-6-5-13(8-17-3)7-14(15)16/h5-7,11-12,17H,8-10H2,1-4H3. The van der Waals surface area contributed by atoms with Crippen molar-refractivity contribution in [1.82, 2.24) is 10.2 Å². The van der Waals surface area contributed by atoms with E-state index >= 15 is 0 Å². The molecule has 1 heterocycles. The number of rotatable bonds is 3. The molecule has 2 unspecified atom stereocenters. The maximum absolute atomic E-state index is 6.45. The van der Waals surface area contributed by atoms with Crippen LogP contribution in [0.1, 0.15) is 19.4 Å². The summed E-state index contributed by atoms with van der Waals surface area (Å²) in [6.45, 7) is 7.46. The molecule has 0 spiro atoms. The highest BCUT2D eigenvalue weighted by molar-refractivity contribution is 6.33. The Balaban J connectivity index is 2.18. The zero-order chi connectivity index (χ0) is 14.0. The van der Waals surface area contributed by atoms with Gasteiger partial charge in [0.05, 0.1) is 10.7 Å². The summed E-state index contributed by atoms with van der Waals surface area (Å²) in [7, 11) is 4.15. The van der Waals surface area contributed by atoms with E-state index in [1.165, 1.54) is 5.56 Å². The van der Waals surface area contributed by atoms with Crippen molar-refractivity contribution in [3.05, 3.63) is 28.8 Å². The second kappa shape index (κ2) is 6.12. The summed E-state index contributed by atoms with van der Waals surface area (Å²) in [4.78, 5) is 4.83. The summed E-state index contributed by atoms with van der Waals surface area (Å²) in [5.74, 6) is 0. The van der Waals surface area contributed by atoms with Gasteiger partial charge in [-0.1, -0.05) is 17.7 Å². The SMILES string of the molecule is CNCc1ccc(N2CC(C)N(C)C(C)C2)c(Cl)c1. The number of hydrogen-bond acceptors (Lipinski definition) is 3. The van der Waals surface area contributed by atoms with Gasteiger partial charge in [0.25, 0.3) is 0 Å². The Bertz CT molecular complexity index is 423. The molecule has 1 aliphatic heterocycles. The van der Waals surface area contributed by atoms with Gasteiger partial charge in [-0.05, 0) is 45.6 Å². The van der Waals surface area contributed by atoms with Crippen LogP contribution in [0.5, 0.6) is 0 Å². The number of nitrogens with one attached hydrogen (secondary N) is 1. The molecule has 0 bridgehead atoms. The molecule has 3 nitrogen and oxygen atoms in total. The normalized spacial score (nSPS) is 24.8. The molecule has 0 radical (unpaired) electrons. The molecule has 19 heavy (non-hydrogen) atoms. The molecule has 0 amide bonds. The lowest BCUT2D eigenvalue weighted by atomic mass is 10.1. The van der Waals surface area contributed by atoms with Gasteiger partial charge in [0, 0.05) is 31.7 Å². The monoisotopic (exact) mass is 281 g/mol. The van der Waals surface area contributed by atoms with Gasteiger partial charge in [-0.15, -0.1) is 0 Å². The summed E-state index contributed by atoms with van der Waals surface area (Å²) < 4.78 is 0. The first kappa shape index (κ1) is 14.6. The summed E-state index contributed by atoms with van der Waals surface area (Å²) in [5, 5.41) is 4.01. The van der Waals surface area contributed by atoms with Gasteiger partial charge in [-0.25, -0.2) is 0 Å². The predicted molar refractivity (Wildman–Crippen MR) is 83.1 cm³/mol. The first-order valence-corrected chi connectivity index (χ1v) is 7.30. The number of likely N-dealkylation sites (N-methyl/N-ethyl adjacent to an activating group) is 1. The highest BCUT2D eigenvalue weighted by Crippen LogP contribution is 2.29. The molecule has 1 aliphatic rings. The molecule has 4 heteroatoms. The van der Waals surface area contributed by atoms with Crippen molar-refractivity contribution in [2.24, 2.45) is 0 Å². The van der Waals surface area contributed by atoms with Crippen LogP contribution in [-0.2, 0) is 6.54 Å². The minimum Gasteiger partial charge on any atom is -0.367 e. The van der Waals surface area contributed by atoms with Gasteiger partial charge in [0.15, 0.2) is 0 Å². The molecule has 2 rings (SSSR count). The molecule has 0 aromatic heterocycles. The second-order valence-corrected chi connectivity index (χ2v) is 5.99. The lowest BCUT2D eigenvalue weighted by molar-refractivity contribution is 0.170. The quantitative estimate of drug-likeness (QED) is 0.919. The molecule has 1 saturated heterocycles. The molecule has 0 saturated carbocycles. The number of hydrogen-bond donors (Lipinski definition) is 1. The van der Waals surface area contributed by atoms with E-state index in [0.29, 0.717) is 12.1 Å². The molecule has 0 aliphatic carbocycles. The maximum atomic E-state index is 6.45. The zero-order valence-corrected chi connectivity index (χ0v) is 13.0. The largest absolute Gasteiger partial charge is 0.367 e. The van der Waals surface area contributed by atoms with Crippen LogP contribution in [0.2, 0.25) is 5.02 Å². The molecular formula is C15H24ClN3. The van der Waals surface area contributed by atoms with Gasteiger partial charge in [0.1, 0.15) is 0 Å². The van der Waals surface area contributed by atoms with Gasteiger partial charge in [-0.2, -0.15) is 0 Å². The number of anilines is 1. The summed E-state index contributed by atoms with van der Waals surface area (Å²) in [5.41, 5.74) is 2.39. The lowest BCUT2D eigenvalue weighted by Gasteiger charge is -2.43. The third-order valence-electron chi connectivity index (χ3n) is 4.09. The van der Waals surface area contributed by atoms with E-state index in [4.69, 9.17) is 11.6 Å². The molecule has 2 atom stereocenters. The van der Waals surface area contributed by atoms with E-state index < -0.39 is 0 Å². The van der Waals surface area contributed by atoms with Crippen LogP contribution in [0.3, 0.4) is 0 Å².